The molecule has 0 saturated heterocycles. The van der Waals surface area contributed by atoms with E-state index in [0.717, 1.165) is 5.69 Å². The number of anilines is 1. The lowest BCUT2D eigenvalue weighted by molar-refractivity contribution is 0.204. The number of amides is 2. The number of aromatic nitrogens is 2. The Kier molecular flexibility index (Phi) is 5.41. The summed E-state index contributed by atoms with van der Waals surface area (Å²) in [6.07, 6.45) is 3.23. The van der Waals surface area contributed by atoms with Gasteiger partial charge >= 0.3 is 6.03 Å². The number of halogens is 1. The lowest BCUT2D eigenvalue weighted by Crippen LogP contribution is -2.40. The zero-order valence-electron chi connectivity index (χ0n) is 12.5. The summed E-state index contributed by atoms with van der Waals surface area (Å²) in [7, 11) is 0. The topological polar surface area (TPSA) is 79.2 Å². The van der Waals surface area contributed by atoms with Gasteiger partial charge in [-0.05, 0) is 25.0 Å². The third-order valence-corrected chi connectivity index (χ3v) is 3.76. The molecule has 0 bridgehead atoms. The molecule has 0 saturated carbocycles. The minimum Gasteiger partial charge on any atom is -0.396 e. The zero-order chi connectivity index (χ0) is 16.1. The van der Waals surface area contributed by atoms with Crippen molar-refractivity contribution in [1.29, 1.82) is 0 Å². The molecule has 1 aromatic carbocycles. The van der Waals surface area contributed by atoms with Gasteiger partial charge in [0.05, 0.1) is 28.8 Å². The third-order valence-electron chi connectivity index (χ3n) is 3.44. The van der Waals surface area contributed by atoms with Crippen LogP contribution in [0.15, 0.2) is 36.7 Å². The first-order chi connectivity index (χ1) is 10.5. The Morgan fingerprint density at radius 2 is 2.14 bits per heavy atom. The van der Waals surface area contributed by atoms with Crippen molar-refractivity contribution in [2.75, 3.05) is 11.9 Å². The molecule has 0 fully saturated rings. The minimum atomic E-state index is -0.341. The Morgan fingerprint density at radius 1 is 1.41 bits per heavy atom. The first-order valence-electron chi connectivity index (χ1n) is 6.99. The summed E-state index contributed by atoms with van der Waals surface area (Å²) in [5.74, 6) is -0.0170. The Hall–Kier alpha value is -2.05. The Labute approximate surface area is 134 Å². The van der Waals surface area contributed by atoms with Crippen LogP contribution < -0.4 is 10.6 Å². The number of aliphatic hydroxyl groups is 1. The van der Waals surface area contributed by atoms with Gasteiger partial charge < -0.3 is 15.7 Å². The Morgan fingerprint density at radius 3 is 2.82 bits per heavy atom. The summed E-state index contributed by atoms with van der Waals surface area (Å²) in [4.78, 5) is 11.9. The summed E-state index contributed by atoms with van der Waals surface area (Å²) in [6.45, 7) is 3.72. The number of benzene rings is 1. The first-order valence-corrected chi connectivity index (χ1v) is 7.37. The summed E-state index contributed by atoms with van der Waals surface area (Å²) < 4.78 is 1.59. The lowest BCUT2D eigenvalue weighted by Gasteiger charge is -2.19. The predicted octanol–water partition coefficient (Wildman–Crippen LogP) is 2.66. The van der Waals surface area contributed by atoms with Gasteiger partial charge in [0.2, 0.25) is 0 Å². The molecule has 2 rings (SSSR count). The smallest absolute Gasteiger partial charge is 0.319 e. The molecule has 2 atom stereocenters. The van der Waals surface area contributed by atoms with Crippen LogP contribution >= 0.6 is 11.6 Å². The molecule has 0 aliphatic heterocycles. The molecule has 0 spiro atoms. The highest BCUT2D eigenvalue weighted by molar-refractivity contribution is 6.32. The summed E-state index contributed by atoms with van der Waals surface area (Å²) in [6, 6.07) is 6.84. The minimum absolute atomic E-state index is 0.0170. The van der Waals surface area contributed by atoms with E-state index in [2.05, 4.69) is 15.7 Å². The number of rotatable bonds is 5. The standard InChI is InChI=1S/C15H19ClN4O2/c1-10(9-21)11(2)18-15(22)19-12-7-17-20(8-12)14-6-4-3-5-13(14)16/h3-8,10-11,21H,9H2,1-2H3,(H2,18,19,22)/t10-,11+/m1/s1. The molecule has 2 amide bonds. The molecule has 1 heterocycles. The van der Waals surface area contributed by atoms with Crippen molar-refractivity contribution in [1.82, 2.24) is 15.1 Å². The van der Waals surface area contributed by atoms with Crippen LogP contribution in [0.3, 0.4) is 0 Å². The number of para-hydroxylation sites is 1. The molecule has 6 nitrogen and oxygen atoms in total. The quantitative estimate of drug-likeness (QED) is 0.791. The molecule has 7 heteroatoms. The largest absolute Gasteiger partial charge is 0.396 e. The number of carbonyl (C=O) groups excluding carboxylic acids is 1. The molecule has 1 aromatic heterocycles. The second-order valence-corrected chi connectivity index (χ2v) is 5.58. The van der Waals surface area contributed by atoms with Gasteiger partial charge in [0.1, 0.15) is 0 Å². The Balaban J connectivity index is 2.01. The van der Waals surface area contributed by atoms with Crippen molar-refractivity contribution in [3.63, 3.8) is 0 Å². The summed E-state index contributed by atoms with van der Waals surface area (Å²) in [5, 5.41) is 19.3. The second-order valence-electron chi connectivity index (χ2n) is 5.17. The van der Waals surface area contributed by atoms with Crippen LogP contribution in [-0.4, -0.2) is 33.6 Å². The number of hydrogen-bond donors (Lipinski definition) is 3. The molecule has 0 aliphatic carbocycles. The maximum atomic E-state index is 11.9. The highest BCUT2D eigenvalue weighted by Crippen LogP contribution is 2.20. The van der Waals surface area contributed by atoms with E-state index in [-0.39, 0.29) is 24.6 Å². The van der Waals surface area contributed by atoms with Crippen molar-refractivity contribution in [2.45, 2.75) is 19.9 Å². The van der Waals surface area contributed by atoms with Crippen LogP contribution in [0.4, 0.5) is 10.5 Å². The maximum Gasteiger partial charge on any atom is 0.319 e. The van der Waals surface area contributed by atoms with Gasteiger partial charge in [0.15, 0.2) is 0 Å². The molecule has 3 N–H and O–H groups in total. The summed E-state index contributed by atoms with van der Waals surface area (Å²) >= 11 is 6.11. The normalized spacial score (nSPS) is 13.5. The van der Waals surface area contributed by atoms with Gasteiger partial charge in [-0.2, -0.15) is 5.10 Å². The van der Waals surface area contributed by atoms with Crippen LogP contribution in [0, 0.1) is 5.92 Å². The van der Waals surface area contributed by atoms with E-state index < -0.39 is 0 Å². The molecular weight excluding hydrogens is 304 g/mol. The number of urea groups is 1. The zero-order valence-corrected chi connectivity index (χ0v) is 13.2. The molecule has 0 unspecified atom stereocenters. The van der Waals surface area contributed by atoms with Crippen LogP contribution in [0.5, 0.6) is 0 Å². The SMILES string of the molecule is C[C@H](CO)[C@H](C)NC(=O)Nc1cnn(-c2ccccc2Cl)c1. The molecule has 0 radical (unpaired) electrons. The number of nitrogens with one attached hydrogen (secondary N) is 2. The van der Waals surface area contributed by atoms with Gasteiger partial charge in [-0.1, -0.05) is 30.7 Å². The van der Waals surface area contributed by atoms with Gasteiger partial charge in [-0.15, -0.1) is 0 Å². The fraction of sp³-hybridized carbons (Fsp3) is 0.333. The van der Waals surface area contributed by atoms with Gasteiger partial charge in [-0.3, -0.25) is 0 Å². The fourth-order valence-corrected chi connectivity index (χ4v) is 2.05. The lowest BCUT2D eigenvalue weighted by atomic mass is 10.1. The van der Waals surface area contributed by atoms with Gasteiger partial charge in [-0.25, -0.2) is 9.48 Å². The predicted molar refractivity (Wildman–Crippen MR) is 86.4 cm³/mol. The van der Waals surface area contributed by atoms with Crippen molar-refractivity contribution < 1.29 is 9.90 Å². The third kappa shape index (κ3) is 3.99. The van der Waals surface area contributed by atoms with E-state index in [1.54, 1.807) is 23.1 Å². The molecular formula is C15H19ClN4O2. The molecule has 0 aliphatic rings. The second kappa shape index (κ2) is 7.29. The highest BCUT2D eigenvalue weighted by atomic mass is 35.5. The van der Waals surface area contributed by atoms with E-state index in [0.29, 0.717) is 10.7 Å². The number of nitrogens with zero attached hydrogens (tertiary/aromatic N) is 2. The van der Waals surface area contributed by atoms with Crippen molar-refractivity contribution in [2.24, 2.45) is 5.92 Å². The fourth-order valence-electron chi connectivity index (χ4n) is 1.83. The number of carbonyl (C=O) groups is 1. The van der Waals surface area contributed by atoms with Crippen LogP contribution in [0.25, 0.3) is 5.69 Å². The van der Waals surface area contributed by atoms with Gasteiger partial charge in [0, 0.05) is 12.6 Å². The van der Waals surface area contributed by atoms with Crippen LogP contribution in [0.1, 0.15) is 13.8 Å². The monoisotopic (exact) mass is 322 g/mol. The van der Waals surface area contributed by atoms with Crippen molar-refractivity contribution in [3.8, 4) is 5.69 Å². The number of hydrogen-bond acceptors (Lipinski definition) is 3. The first kappa shape index (κ1) is 16.3. The number of aliphatic hydroxyl groups excluding tert-OH is 1. The van der Waals surface area contributed by atoms with E-state index in [1.807, 2.05) is 32.0 Å². The van der Waals surface area contributed by atoms with Gasteiger partial charge in [0.25, 0.3) is 0 Å². The molecule has 2 aromatic rings. The van der Waals surface area contributed by atoms with Crippen LogP contribution in [0.2, 0.25) is 5.02 Å². The van der Waals surface area contributed by atoms with E-state index in [9.17, 15) is 4.79 Å². The van der Waals surface area contributed by atoms with E-state index >= 15 is 0 Å². The highest BCUT2D eigenvalue weighted by Gasteiger charge is 2.14. The van der Waals surface area contributed by atoms with Crippen LogP contribution in [-0.2, 0) is 0 Å². The van der Waals surface area contributed by atoms with E-state index in [1.165, 1.54) is 0 Å². The van der Waals surface area contributed by atoms with Crippen molar-refractivity contribution in [3.05, 3.63) is 41.7 Å². The average Bonchev–Trinajstić information content (AvgIpc) is 2.94. The molecule has 22 heavy (non-hydrogen) atoms. The maximum absolute atomic E-state index is 11.9. The summed E-state index contributed by atoms with van der Waals surface area (Å²) in [5.41, 5.74) is 1.29. The molecule has 118 valence electrons. The van der Waals surface area contributed by atoms with Crippen molar-refractivity contribution >= 4 is 23.3 Å². The van der Waals surface area contributed by atoms with E-state index in [4.69, 9.17) is 16.7 Å². The Bertz CT molecular complexity index is 644. The average molecular weight is 323 g/mol.